The first-order valence-electron chi connectivity index (χ1n) is 4.49. The van der Waals surface area contributed by atoms with Gasteiger partial charge in [-0.15, -0.1) is 10.2 Å². The van der Waals surface area contributed by atoms with Gasteiger partial charge >= 0.3 is 0 Å². The van der Waals surface area contributed by atoms with Gasteiger partial charge in [-0.3, -0.25) is 10.1 Å². The lowest BCUT2D eigenvalue weighted by atomic mass is 10.3. The second-order valence-electron chi connectivity index (χ2n) is 3.07. The van der Waals surface area contributed by atoms with Crippen LogP contribution in [0.15, 0.2) is 16.7 Å². The molecular formula is C9H6BrClN4OS. The Hall–Kier alpha value is -1.05. The molecule has 2 heterocycles. The Balaban J connectivity index is 2.22. The van der Waals surface area contributed by atoms with E-state index in [4.69, 9.17) is 11.6 Å². The van der Waals surface area contributed by atoms with Crippen LogP contribution in [0.2, 0.25) is 5.15 Å². The quantitative estimate of drug-likeness (QED) is 0.858. The third kappa shape index (κ3) is 2.99. The Kier molecular flexibility index (Phi) is 3.70. The number of amides is 1. The summed E-state index contributed by atoms with van der Waals surface area (Å²) in [7, 11) is 0. The topological polar surface area (TPSA) is 67.8 Å². The van der Waals surface area contributed by atoms with Crippen LogP contribution in [0.5, 0.6) is 0 Å². The van der Waals surface area contributed by atoms with E-state index >= 15 is 0 Å². The Morgan fingerprint density at radius 2 is 2.29 bits per heavy atom. The number of aromatic nitrogens is 3. The maximum atomic E-state index is 11.9. The minimum atomic E-state index is -0.361. The first-order chi connectivity index (χ1) is 8.06. The van der Waals surface area contributed by atoms with Gasteiger partial charge in [0.15, 0.2) is 0 Å². The van der Waals surface area contributed by atoms with Gasteiger partial charge in [0.25, 0.3) is 5.91 Å². The zero-order valence-corrected chi connectivity index (χ0v) is 11.7. The van der Waals surface area contributed by atoms with E-state index in [1.165, 1.54) is 17.5 Å². The van der Waals surface area contributed by atoms with Crippen LogP contribution in [0, 0.1) is 6.92 Å². The summed E-state index contributed by atoms with van der Waals surface area (Å²) in [6.07, 6.45) is 1.52. The summed E-state index contributed by atoms with van der Waals surface area (Å²) in [5.41, 5.74) is 0.286. The van der Waals surface area contributed by atoms with E-state index in [1.807, 2.05) is 0 Å². The zero-order chi connectivity index (χ0) is 12.4. The van der Waals surface area contributed by atoms with Crippen molar-refractivity contribution in [3.63, 3.8) is 0 Å². The van der Waals surface area contributed by atoms with Gasteiger partial charge in [-0.2, -0.15) is 0 Å². The van der Waals surface area contributed by atoms with E-state index in [9.17, 15) is 4.79 Å². The highest BCUT2D eigenvalue weighted by atomic mass is 79.9. The first kappa shape index (κ1) is 12.4. The van der Waals surface area contributed by atoms with Gasteiger partial charge < -0.3 is 0 Å². The van der Waals surface area contributed by atoms with Crippen LogP contribution in [0.25, 0.3) is 0 Å². The van der Waals surface area contributed by atoms with E-state index < -0.39 is 0 Å². The monoisotopic (exact) mass is 332 g/mol. The van der Waals surface area contributed by atoms with Crippen LogP contribution < -0.4 is 5.32 Å². The molecule has 0 saturated heterocycles. The number of nitrogens with zero attached hydrogens (tertiary/aromatic N) is 3. The smallest absolute Gasteiger partial charge is 0.260 e. The molecule has 17 heavy (non-hydrogen) atoms. The Bertz CT molecular complexity index is 574. The summed E-state index contributed by atoms with van der Waals surface area (Å²) in [5.74, 6) is -0.361. The van der Waals surface area contributed by atoms with Gasteiger partial charge in [0.1, 0.15) is 10.2 Å². The van der Waals surface area contributed by atoms with E-state index in [2.05, 4.69) is 36.4 Å². The van der Waals surface area contributed by atoms with E-state index in [1.54, 1.807) is 13.0 Å². The third-order valence-electron chi connectivity index (χ3n) is 1.80. The van der Waals surface area contributed by atoms with Crippen molar-refractivity contribution in [2.75, 3.05) is 5.32 Å². The molecule has 0 aliphatic heterocycles. The number of hydrogen-bond acceptors (Lipinski definition) is 5. The summed E-state index contributed by atoms with van der Waals surface area (Å²) in [5, 5.41) is 11.6. The maximum absolute atomic E-state index is 11.9. The Labute approximate surface area is 114 Å². The van der Waals surface area contributed by atoms with Crippen LogP contribution in [0.4, 0.5) is 5.13 Å². The van der Waals surface area contributed by atoms with E-state index in [0.29, 0.717) is 9.60 Å². The number of nitrogens with one attached hydrogen (secondary N) is 1. The normalized spacial score (nSPS) is 10.3. The molecule has 0 atom stereocenters. The molecule has 0 unspecified atom stereocenters. The predicted octanol–water partition coefficient (Wildman–Crippen LogP) is 2.91. The molecule has 0 bridgehead atoms. The van der Waals surface area contributed by atoms with Crippen molar-refractivity contribution in [3.05, 3.63) is 32.5 Å². The van der Waals surface area contributed by atoms with Crippen molar-refractivity contribution < 1.29 is 4.79 Å². The van der Waals surface area contributed by atoms with Crippen molar-refractivity contribution in [1.82, 2.24) is 15.2 Å². The van der Waals surface area contributed by atoms with Gasteiger partial charge in [-0.25, -0.2) is 4.98 Å². The highest BCUT2D eigenvalue weighted by Crippen LogP contribution is 2.20. The SMILES string of the molecule is Cc1nnc(NC(=O)c2cc(Br)cnc2Cl)s1. The summed E-state index contributed by atoms with van der Waals surface area (Å²) in [4.78, 5) is 15.8. The van der Waals surface area contributed by atoms with Crippen LogP contribution in [0.1, 0.15) is 15.4 Å². The summed E-state index contributed by atoms with van der Waals surface area (Å²) in [6.45, 7) is 1.81. The van der Waals surface area contributed by atoms with Crippen LogP contribution >= 0.6 is 38.9 Å². The lowest BCUT2D eigenvalue weighted by molar-refractivity contribution is 0.102. The molecule has 5 nitrogen and oxygen atoms in total. The van der Waals surface area contributed by atoms with Crippen molar-refractivity contribution in [2.24, 2.45) is 0 Å². The lowest BCUT2D eigenvalue weighted by Gasteiger charge is -2.03. The molecule has 2 rings (SSSR count). The van der Waals surface area contributed by atoms with Crippen molar-refractivity contribution in [1.29, 1.82) is 0 Å². The highest BCUT2D eigenvalue weighted by Gasteiger charge is 2.14. The number of rotatable bonds is 2. The van der Waals surface area contributed by atoms with Crippen LogP contribution in [-0.4, -0.2) is 21.1 Å². The minimum absolute atomic E-state index is 0.145. The molecule has 0 aromatic carbocycles. The number of aryl methyl sites for hydroxylation is 1. The van der Waals surface area contributed by atoms with Gasteiger partial charge in [0.2, 0.25) is 5.13 Å². The fourth-order valence-electron chi connectivity index (χ4n) is 1.09. The standard InChI is InChI=1S/C9H6BrClN4OS/c1-4-14-15-9(17-4)13-8(16)6-2-5(10)3-12-7(6)11/h2-3H,1H3,(H,13,15,16). The molecule has 8 heteroatoms. The van der Waals surface area contributed by atoms with E-state index in [0.717, 1.165) is 5.01 Å². The average molecular weight is 334 g/mol. The van der Waals surface area contributed by atoms with Gasteiger partial charge in [-0.1, -0.05) is 22.9 Å². The molecular weight excluding hydrogens is 328 g/mol. The zero-order valence-electron chi connectivity index (χ0n) is 8.57. The van der Waals surface area contributed by atoms with Crippen LogP contribution in [0.3, 0.4) is 0 Å². The van der Waals surface area contributed by atoms with E-state index in [-0.39, 0.29) is 16.6 Å². The predicted molar refractivity (Wildman–Crippen MR) is 69.5 cm³/mol. The summed E-state index contributed by atoms with van der Waals surface area (Å²) >= 11 is 10.4. The van der Waals surface area contributed by atoms with Gasteiger partial charge in [0, 0.05) is 10.7 Å². The largest absolute Gasteiger partial charge is 0.296 e. The van der Waals surface area contributed by atoms with Crippen molar-refractivity contribution >= 4 is 49.9 Å². The minimum Gasteiger partial charge on any atom is -0.296 e. The number of anilines is 1. The van der Waals surface area contributed by atoms with Gasteiger partial charge in [0.05, 0.1) is 5.56 Å². The summed E-state index contributed by atoms with van der Waals surface area (Å²) < 4.78 is 0.681. The van der Waals surface area contributed by atoms with Gasteiger partial charge in [-0.05, 0) is 28.9 Å². The Morgan fingerprint density at radius 1 is 1.53 bits per heavy atom. The first-order valence-corrected chi connectivity index (χ1v) is 6.47. The van der Waals surface area contributed by atoms with Crippen LogP contribution in [-0.2, 0) is 0 Å². The number of pyridine rings is 1. The molecule has 0 radical (unpaired) electrons. The highest BCUT2D eigenvalue weighted by molar-refractivity contribution is 9.10. The number of carbonyl (C=O) groups excluding carboxylic acids is 1. The molecule has 1 N–H and O–H groups in total. The molecule has 2 aromatic heterocycles. The van der Waals surface area contributed by atoms with Crippen molar-refractivity contribution in [2.45, 2.75) is 6.92 Å². The number of carbonyl (C=O) groups is 1. The molecule has 2 aromatic rings. The molecule has 0 aliphatic carbocycles. The maximum Gasteiger partial charge on any atom is 0.260 e. The lowest BCUT2D eigenvalue weighted by Crippen LogP contribution is -2.12. The second-order valence-corrected chi connectivity index (χ2v) is 5.53. The average Bonchev–Trinajstić information content (AvgIpc) is 2.67. The molecule has 0 spiro atoms. The fourth-order valence-corrected chi connectivity index (χ4v) is 2.20. The third-order valence-corrected chi connectivity index (χ3v) is 3.29. The van der Waals surface area contributed by atoms with Crippen molar-refractivity contribution in [3.8, 4) is 0 Å². The second kappa shape index (κ2) is 5.07. The number of halogens is 2. The number of hydrogen-bond donors (Lipinski definition) is 1. The molecule has 88 valence electrons. The molecule has 1 amide bonds. The molecule has 0 aliphatic rings. The Morgan fingerprint density at radius 3 is 2.94 bits per heavy atom. The molecule has 0 saturated carbocycles. The summed E-state index contributed by atoms with van der Waals surface area (Å²) in [6, 6.07) is 1.60. The molecule has 0 fully saturated rings. The fraction of sp³-hybridized carbons (Fsp3) is 0.111.